The molecule has 3 nitrogen and oxygen atoms in total. The van der Waals surface area contributed by atoms with Crippen LogP contribution in [-0.2, 0) is 37.5 Å². The van der Waals surface area contributed by atoms with Crippen LogP contribution in [0.1, 0.15) is 0 Å². The van der Waals surface area contributed by atoms with Gasteiger partial charge in [-0.2, -0.15) is 0 Å². The predicted octanol–water partition coefficient (Wildman–Crippen LogP) is -0.936. The number of carbonyl (C=O) groups is 1. The molecule has 0 heterocycles. The molecule has 0 aromatic rings. The summed E-state index contributed by atoms with van der Waals surface area (Å²) in [5.41, 5.74) is 0. The summed E-state index contributed by atoms with van der Waals surface area (Å²) in [5.74, 6) is -0.264. The van der Waals surface area contributed by atoms with Crippen molar-refractivity contribution in [2.45, 2.75) is 0 Å². The van der Waals surface area contributed by atoms with Gasteiger partial charge in [-0.25, -0.2) is 0 Å². The second-order valence-electron chi connectivity index (χ2n) is 1.45. The molecule has 0 aliphatic heterocycles. The number of likely N-dealkylation sites (N-methyl/N-ethyl adjacent to an activating group) is 1. The molecule has 0 saturated heterocycles. The zero-order valence-corrected chi connectivity index (χ0v) is 7.93. The van der Waals surface area contributed by atoms with Crippen molar-refractivity contribution in [1.29, 1.82) is 0 Å². The Hall–Kier alpha value is 0.534. The van der Waals surface area contributed by atoms with Gasteiger partial charge in [-0.1, -0.05) is 0 Å². The molecule has 4 heteroatoms. The van der Waals surface area contributed by atoms with Gasteiger partial charge in [0, 0.05) is 46.8 Å². The van der Waals surface area contributed by atoms with Gasteiger partial charge in [-0.15, -0.1) is 0 Å². The number of amides is 1. The van der Waals surface area contributed by atoms with E-state index in [2.05, 4.69) is 0 Å². The average Bonchev–Trinajstić information content (AvgIpc) is 1.65. The first kappa shape index (κ1) is 11.3. The molecule has 0 bridgehead atoms. The van der Waals surface area contributed by atoms with Crippen molar-refractivity contribution in [1.82, 2.24) is 4.90 Å². The van der Waals surface area contributed by atoms with Gasteiger partial charge in [0.05, 0.1) is 0 Å². The van der Waals surface area contributed by atoms with Crippen molar-refractivity contribution in [3.63, 3.8) is 0 Å². The van der Waals surface area contributed by atoms with E-state index in [4.69, 9.17) is 5.11 Å². The van der Waals surface area contributed by atoms with E-state index in [9.17, 15) is 4.79 Å². The quantitative estimate of drug-likeness (QED) is 0.582. The van der Waals surface area contributed by atoms with Crippen LogP contribution in [0.2, 0.25) is 0 Å². The third-order valence-corrected chi connectivity index (χ3v) is 0.634. The molecule has 0 aliphatic rings. The molecule has 0 fully saturated rings. The third-order valence-electron chi connectivity index (χ3n) is 0.634. The first-order valence-electron chi connectivity index (χ1n) is 1.99. The first-order chi connectivity index (χ1) is 3.18. The van der Waals surface area contributed by atoms with Gasteiger partial charge >= 0.3 is 0 Å². The Bertz CT molecular complexity index is 74.4. The van der Waals surface area contributed by atoms with E-state index in [0.717, 1.165) is 0 Å². The van der Waals surface area contributed by atoms with E-state index < -0.39 is 6.61 Å². The SMILES string of the molecule is CN(C)C(=O)CO.[Y]. The Morgan fingerprint density at radius 3 is 2.00 bits per heavy atom. The van der Waals surface area contributed by atoms with Crippen molar-refractivity contribution in [2.24, 2.45) is 0 Å². The van der Waals surface area contributed by atoms with Crippen LogP contribution >= 0.6 is 0 Å². The molecule has 1 amide bonds. The van der Waals surface area contributed by atoms with Gasteiger partial charge in [-0.05, 0) is 0 Å². The van der Waals surface area contributed by atoms with E-state index in [0.29, 0.717) is 0 Å². The van der Waals surface area contributed by atoms with E-state index >= 15 is 0 Å². The van der Waals surface area contributed by atoms with Gasteiger partial charge in [0.1, 0.15) is 6.61 Å². The maximum atomic E-state index is 10.2. The third kappa shape index (κ3) is 4.69. The fourth-order valence-corrected chi connectivity index (χ4v) is 0.141. The topological polar surface area (TPSA) is 40.5 Å². The van der Waals surface area contributed by atoms with E-state index in [1.54, 1.807) is 14.1 Å². The minimum absolute atomic E-state index is 0. The average molecular weight is 192 g/mol. The van der Waals surface area contributed by atoms with Crippen LogP contribution in [0.15, 0.2) is 0 Å². The summed E-state index contributed by atoms with van der Waals surface area (Å²) in [5, 5.41) is 8.11. The zero-order valence-electron chi connectivity index (χ0n) is 5.09. The Balaban J connectivity index is 0. The van der Waals surface area contributed by atoms with Crippen LogP contribution in [0.5, 0.6) is 0 Å². The second kappa shape index (κ2) is 5.67. The molecule has 0 saturated carbocycles. The summed E-state index contributed by atoms with van der Waals surface area (Å²) in [6.45, 7) is -0.396. The van der Waals surface area contributed by atoms with Gasteiger partial charge in [0.15, 0.2) is 0 Å². The summed E-state index contributed by atoms with van der Waals surface area (Å²) in [6.07, 6.45) is 0. The number of hydrogen-bond donors (Lipinski definition) is 1. The fraction of sp³-hybridized carbons (Fsp3) is 0.750. The van der Waals surface area contributed by atoms with Crippen LogP contribution in [0.25, 0.3) is 0 Å². The molecule has 0 aromatic heterocycles. The molecule has 0 rings (SSSR count). The molecule has 8 heavy (non-hydrogen) atoms. The van der Waals surface area contributed by atoms with E-state index in [-0.39, 0.29) is 38.6 Å². The van der Waals surface area contributed by atoms with Crippen molar-refractivity contribution < 1.29 is 42.6 Å². The van der Waals surface area contributed by atoms with Crippen LogP contribution in [0.3, 0.4) is 0 Å². The van der Waals surface area contributed by atoms with Gasteiger partial charge in [0.2, 0.25) is 5.91 Å². The molecule has 0 aliphatic carbocycles. The molecule has 0 unspecified atom stereocenters. The molecular formula is C4H9NO2Y. The number of carbonyl (C=O) groups excluding carboxylic acids is 1. The number of aliphatic hydroxyl groups is 1. The summed E-state index contributed by atoms with van der Waals surface area (Å²) in [4.78, 5) is 11.5. The van der Waals surface area contributed by atoms with E-state index in [1.165, 1.54) is 4.90 Å². The summed E-state index contributed by atoms with van der Waals surface area (Å²) < 4.78 is 0. The van der Waals surface area contributed by atoms with Gasteiger partial charge < -0.3 is 10.0 Å². The molecule has 0 spiro atoms. The molecular weight excluding hydrogens is 183 g/mol. The zero-order chi connectivity index (χ0) is 5.86. The summed E-state index contributed by atoms with van der Waals surface area (Å²) in [6, 6.07) is 0. The maximum Gasteiger partial charge on any atom is 0.247 e. The number of hydrogen-bond acceptors (Lipinski definition) is 2. The Kier molecular flexibility index (Phi) is 8.04. The van der Waals surface area contributed by atoms with Crippen LogP contribution in [0, 0.1) is 0 Å². The molecule has 45 valence electrons. The van der Waals surface area contributed by atoms with Crippen molar-refractivity contribution in [3.05, 3.63) is 0 Å². The normalized spacial score (nSPS) is 7.38. The maximum absolute atomic E-state index is 10.2. The number of rotatable bonds is 1. The molecule has 1 N–H and O–H groups in total. The standard InChI is InChI=1S/C4H9NO2.Y/c1-5(2)4(7)3-6;/h6H,3H2,1-2H3;. The minimum Gasteiger partial charge on any atom is -0.387 e. The van der Waals surface area contributed by atoms with Crippen LogP contribution in [-0.4, -0.2) is 36.6 Å². The molecule has 0 aromatic carbocycles. The second-order valence-corrected chi connectivity index (χ2v) is 1.45. The molecule has 1 radical (unpaired) electrons. The van der Waals surface area contributed by atoms with Crippen molar-refractivity contribution in [2.75, 3.05) is 20.7 Å². The first-order valence-corrected chi connectivity index (χ1v) is 1.99. The Labute approximate surface area is 73.9 Å². The summed E-state index contributed by atoms with van der Waals surface area (Å²) >= 11 is 0. The van der Waals surface area contributed by atoms with Crippen molar-refractivity contribution in [3.8, 4) is 0 Å². The molecule has 0 atom stereocenters. The minimum atomic E-state index is -0.396. The van der Waals surface area contributed by atoms with Gasteiger partial charge in [-0.3, -0.25) is 4.79 Å². The monoisotopic (exact) mass is 192 g/mol. The Morgan fingerprint density at radius 2 is 2.00 bits per heavy atom. The smallest absolute Gasteiger partial charge is 0.247 e. The van der Waals surface area contributed by atoms with E-state index in [1.807, 2.05) is 0 Å². The number of aliphatic hydroxyl groups excluding tert-OH is 1. The largest absolute Gasteiger partial charge is 0.387 e. The van der Waals surface area contributed by atoms with Crippen LogP contribution < -0.4 is 0 Å². The fourth-order valence-electron chi connectivity index (χ4n) is 0.141. The Morgan fingerprint density at radius 1 is 1.62 bits per heavy atom. The number of nitrogens with zero attached hydrogens (tertiary/aromatic N) is 1. The summed E-state index contributed by atoms with van der Waals surface area (Å²) in [7, 11) is 3.19. The predicted molar refractivity (Wildman–Crippen MR) is 25.8 cm³/mol. The van der Waals surface area contributed by atoms with Crippen LogP contribution in [0.4, 0.5) is 0 Å². The van der Waals surface area contributed by atoms with Gasteiger partial charge in [0.25, 0.3) is 0 Å². The van der Waals surface area contributed by atoms with Crippen molar-refractivity contribution >= 4 is 5.91 Å².